The van der Waals surface area contributed by atoms with Crippen LogP contribution in [0.4, 0.5) is 4.39 Å². The van der Waals surface area contributed by atoms with Crippen LogP contribution in [-0.2, 0) is 0 Å². The minimum atomic E-state index is -0.628. The zero-order valence-electron chi connectivity index (χ0n) is 10.2. The smallest absolute Gasteiger partial charge is 0.274 e. The number of amides is 1. The van der Waals surface area contributed by atoms with E-state index in [1.54, 1.807) is 18.2 Å². The van der Waals surface area contributed by atoms with Crippen molar-refractivity contribution in [2.75, 3.05) is 0 Å². The summed E-state index contributed by atoms with van der Waals surface area (Å²) in [6.07, 6.45) is 1.39. The number of carbonyl (C=O) groups is 1. The van der Waals surface area contributed by atoms with Crippen LogP contribution in [0.25, 0.3) is 0 Å². The van der Waals surface area contributed by atoms with Gasteiger partial charge >= 0.3 is 0 Å². The van der Waals surface area contributed by atoms with E-state index in [0.29, 0.717) is 10.0 Å². The molecule has 0 saturated carbocycles. The lowest BCUT2D eigenvalue weighted by atomic mass is 10.2. The standard InChI is InChI=1S/C14H10BrFN2O2/c15-11-7-9(5-6-13(11)19)8-17-18-14(20)10-3-1-2-4-12(10)16/h1-8,19H,(H,18,20)/b17-8-. The van der Waals surface area contributed by atoms with Gasteiger partial charge in [-0.1, -0.05) is 12.1 Å². The van der Waals surface area contributed by atoms with Crippen LogP contribution in [0.15, 0.2) is 52.0 Å². The van der Waals surface area contributed by atoms with E-state index in [0.717, 1.165) is 0 Å². The van der Waals surface area contributed by atoms with Gasteiger partial charge in [0.05, 0.1) is 16.3 Å². The number of nitrogens with one attached hydrogen (secondary N) is 1. The zero-order valence-corrected chi connectivity index (χ0v) is 11.8. The normalized spacial score (nSPS) is 10.7. The van der Waals surface area contributed by atoms with Crippen molar-refractivity contribution in [2.45, 2.75) is 0 Å². The number of phenolic OH excluding ortho intramolecular Hbond substituents is 1. The zero-order chi connectivity index (χ0) is 14.5. The molecule has 0 fully saturated rings. The monoisotopic (exact) mass is 336 g/mol. The summed E-state index contributed by atoms with van der Waals surface area (Å²) in [5.41, 5.74) is 2.83. The number of hydrogen-bond donors (Lipinski definition) is 2. The summed E-state index contributed by atoms with van der Waals surface area (Å²) in [7, 11) is 0. The van der Waals surface area contributed by atoms with Gasteiger partial charge in [0, 0.05) is 0 Å². The highest BCUT2D eigenvalue weighted by atomic mass is 79.9. The molecule has 2 aromatic carbocycles. The van der Waals surface area contributed by atoms with Crippen molar-refractivity contribution in [3.63, 3.8) is 0 Å². The van der Waals surface area contributed by atoms with E-state index >= 15 is 0 Å². The molecule has 102 valence electrons. The molecule has 4 nitrogen and oxygen atoms in total. The Morgan fingerprint density at radius 1 is 1.30 bits per heavy atom. The van der Waals surface area contributed by atoms with E-state index in [1.807, 2.05) is 0 Å². The summed E-state index contributed by atoms with van der Waals surface area (Å²) >= 11 is 3.16. The van der Waals surface area contributed by atoms with Crippen molar-refractivity contribution in [2.24, 2.45) is 5.10 Å². The number of rotatable bonds is 3. The maximum atomic E-state index is 13.3. The molecule has 0 heterocycles. The van der Waals surface area contributed by atoms with Crippen LogP contribution in [0.3, 0.4) is 0 Å². The Morgan fingerprint density at radius 2 is 2.05 bits per heavy atom. The van der Waals surface area contributed by atoms with Crippen molar-refractivity contribution in [1.29, 1.82) is 0 Å². The highest BCUT2D eigenvalue weighted by Crippen LogP contribution is 2.23. The summed E-state index contributed by atoms with van der Waals surface area (Å²) in [5.74, 6) is -1.12. The van der Waals surface area contributed by atoms with Crippen molar-refractivity contribution in [3.05, 3.63) is 63.9 Å². The highest BCUT2D eigenvalue weighted by Gasteiger charge is 2.09. The summed E-state index contributed by atoms with van der Waals surface area (Å²) in [4.78, 5) is 11.7. The van der Waals surface area contributed by atoms with Gasteiger partial charge in [-0.05, 0) is 51.8 Å². The molecule has 0 bridgehead atoms. The van der Waals surface area contributed by atoms with Gasteiger partial charge in [0.2, 0.25) is 0 Å². The van der Waals surface area contributed by atoms with Crippen molar-refractivity contribution >= 4 is 28.1 Å². The maximum absolute atomic E-state index is 13.3. The molecule has 2 rings (SSSR count). The van der Waals surface area contributed by atoms with Gasteiger partial charge in [-0.25, -0.2) is 9.82 Å². The number of hydrogen-bond acceptors (Lipinski definition) is 3. The van der Waals surface area contributed by atoms with Gasteiger partial charge in [0.15, 0.2) is 0 Å². The Labute approximate surface area is 123 Å². The van der Waals surface area contributed by atoms with Crippen LogP contribution < -0.4 is 5.43 Å². The third-order valence-electron chi connectivity index (χ3n) is 2.47. The lowest BCUT2D eigenvalue weighted by Crippen LogP contribution is -2.18. The Bertz CT molecular complexity index is 674. The lowest BCUT2D eigenvalue weighted by molar-refractivity contribution is 0.0951. The van der Waals surface area contributed by atoms with Gasteiger partial charge in [0.25, 0.3) is 5.91 Å². The number of phenols is 1. The second-order valence-corrected chi connectivity index (χ2v) is 4.74. The number of benzene rings is 2. The SMILES string of the molecule is O=C(N/N=C\c1ccc(O)c(Br)c1)c1ccccc1F. The first-order valence-corrected chi connectivity index (χ1v) is 6.43. The molecule has 2 aromatic rings. The first-order chi connectivity index (χ1) is 9.58. The summed E-state index contributed by atoms with van der Waals surface area (Å²) in [6.45, 7) is 0. The van der Waals surface area contributed by atoms with Crippen LogP contribution in [0.2, 0.25) is 0 Å². The number of aromatic hydroxyl groups is 1. The first kappa shape index (κ1) is 14.2. The Balaban J connectivity index is 2.05. The molecule has 0 saturated heterocycles. The minimum Gasteiger partial charge on any atom is -0.507 e. The fourth-order valence-electron chi connectivity index (χ4n) is 1.47. The van der Waals surface area contributed by atoms with Crippen LogP contribution >= 0.6 is 15.9 Å². The van der Waals surface area contributed by atoms with Crippen LogP contribution in [0, 0.1) is 5.82 Å². The molecule has 0 aliphatic heterocycles. The molecule has 0 aliphatic rings. The third kappa shape index (κ3) is 3.42. The largest absolute Gasteiger partial charge is 0.507 e. The number of hydrazone groups is 1. The third-order valence-corrected chi connectivity index (χ3v) is 3.11. The van der Waals surface area contributed by atoms with Crippen molar-refractivity contribution in [1.82, 2.24) is 5.43 Å². The van der Waals surface area contributed by atoms with E-state index in [2.05, 4.69) is 26.5 Å². The predicted molar refractivity (Wildman–Crippen MR) is 77.3 cm³/mol. The molecule has 0 unspecified atom stereocenters. The second kappa shape index (κ2) is 6.29. The lowest BCUT2D eigenvalue weighted by Gasteiger charge is -2.01. The summed E-state index contributed by atoms with van der Waals surface area (Å²) in [6, 6.07) is 10.4. The van der Waals surface area contributed by atoms with E-state index in [-0.39, 0.29) is 11.3 Å². The molecule has 0 atom stereocenters. The van der Waals surface area contributed by atoms with Gasteiger partial charge < -0.3 is 5.11 Å². The van der Waals surface area contributed by atoms with E-state index in [1.165, 1.54) is 30.5 Å². The van der Waals surface area contributed by atoms with E-state index < -0.39 is 11.7 Å². The molecule has 1 amide bonds. The first-order valence-electron chi connectivity index (χ1n) is 5.64. The second-order valence-electron chi connectivity index (χ2n) is 3.89. The Morgan fingerprint density at radius 3 is 2.75 bits per heavy atom. The molecule has 0 aromatic heterocycles. The van der Waals surface area contributed by atoms with Gasteiger partial charge in [-0.15, -0.1) is 0 Å². The number of carbonyl (C=O) groups excluding carboxylic acids is 1. The fraction of sp³-hybridized carbons (Fsp3) is 0. The van der Waals surface area contributed by atoms with Gasteiger partial charge in [0.1, 0.15) is 11.6 Å². The maximum Gasteiger partial charge on any atom is 0.274 e. The number of halogens is 2. The average Bonchev–Trinajstić information content (AvgIpc) is 2.43. The summed E-state index contributed by atoms with van der Waals surface area (Å²) in [5, 5.41) is 13.1. The van der Waals surface area contributed by atoms with Crippen LogP contribution in [-0.4, -0.2) is 17.2 Å². The van der Waals surface area contributed by atoms with Gasteiger partial charge in [-0.3, -0.25) is 4.79 Å². The van der Waals surface area contributed by atoms with Crippen molar-refractivity contribution in [3.8, 4) is 5.75 Å². The minimum absolute atomic E-state index is 0.0727. The molecular formula is C14H10BrFN2O2. The molecule has 0 radical (unpaired) electrons. The molecule has 0 aliphatic carbocycles. The average molecular weight is 337 g/mol. The Kier molecular flexibility index (Phi) is 4.47. The van der Waals surface area contributed by atoms with E-state index in [9.17, 15) is 14.3 Å². The molecular weight excluding hydrogens is 327 g/mol. The van der Waals surface area contributed by atoms with E-state index in [4.69, 9.17) is 0 Å². The number of nitrogens with zero attached hydrogens (tertiary/aromatic N) is 1. The highest BCUT2D eigenvalue weighted by molar-refractivity contribution is 9.10. The topological polar surface area (TPSA) is 61.7 Å². The predicted octanol–water partition coefficient (Wildman–Crippen LogP) is 3.06. The van der Waals surface area contributed by atoms with Gasteiger partial charge in [-0.2, -0.15) is 5.10 Å². The molecule has 0 spiro atoms. The quantitative estimate of drug-likeness (QED) is 0.668. The molecule has 2 N–H and O–H groups in total. The van der Waals surface area contributed by atoms with Crippen LogP contribution in [0.5, 0.6) is 5.75 Å². The molecule has 6 heteroatoms. The van der Waals surface area contributed by atoms with Crippen LogP contribution in [0.1, 0.15) is 15.9 Å². The fourth-order valence-corrected chi connectivity index (χ4v) is 1.87. The summed E-state index contributed by atoms with van der Waals surface area (Å²) < 4.78 is 13.9. The molecule has 20 heavy (non-hydrogen) atoms. The Hall–Kier alpha value is -2.21. The van der Waals surface area contributed by atoms with Crippen molar-refractivity contribution < 1.29 is 14.3 Å².